The standard InChI is InChI=1S/C16H20N4O/c1-19-8-3-5-14(11-19)18-16(21)13-4-2-6-15(10-13)20-9-7-17-12-20/h2,4,6-7,9-10,12,14H,3,5,8,11H2,1H3,(H,18,21)/t14-/m1/s1. The van der Waals surface area contributed by atoms with Crippen molar-refractivity contribution >= 4 is 5.91 Å². The quantitative estimate of drug-likeness (QED) is 0.933. The third kappa shape index (κ3) is 3.31. The van der Waals surface area contributed by atoms with Crippen LogP contribution in [0.15, 0.2) is 43.0 Å². The molecule has 2 heterocycles. The van der Waals surface area contributed by atoms with Gasteiger partial charge in [-0.3, -0.25) is 4.79 Å². The van der Waals surface area contributed by atoms with Gasteiger partial charge in [0.15, 0.2) is 0 Å². The molecule has 0 unspecified atom stereocenters. The van der Waals surface area contributed by atoms with E-state index in [0.29, 0.717) is 5.56 Å². The molecule has 1 atom stereocenters. The first-order valence-electron chi connectivity index (χ1n) is 7.30. The number of imidazole rings is 1. The molecule has 5 heteroatoms. The van der Waals surface area contributed by atoms with Crippen molar-refractivity contribution in [3.63, 3.8) is 0 Å². The Labute approximate surface area is 124 Å². The molecule has 1 N–H and O–H groups in total. The van der Waals surface area contributed by atoms with Crippen LogP contribution in [0.3, 0.4) is 0 Å². The van der Waals surface area contributed by atoms with E-state index in [2.05, 4.69) is 22.2 Å². The minimum Gasteiger partial charge on any atom is -0.348 e. The number of likely N-dealkylation sites (N-methyl/N-ethyl adjacent to an activating group) is 1. The third-order valence-electron chi connectivity index (χ3n) is 3.87. The first kappa shape index (κ1) is 13.8. The molecular weight excluding hydrogens is 264 g/mol. The van der Waals surface area contributed by atoms with Crippen LogP contribution in [-0.4, -0.2) is 46.5 Å². The summed E-state index contributed by atoms with van der Waals surface area (Å²) in [4.78, 5) is 18.7. The highest BCUT2D eigenvalue weighted by Gasteiger charge is 2.19. The van der Waals surface area contributed by atoms with Gasteiger partial charge in [-0.2, -0.15) is 0 Å². The van der Waals surface area contributed by atoms with E-state index in [0.717, 1.165) is 31.6 Å². The summed E-state index contributed by atoms with van der Waals surface area (Å²) in [7, 11) is 2.10. The van der Waals surface area contributed by atoms with Gasteiger partial charge in [0.1, 0.15) is 0 Å². The van der Waals surface area contributed by atoms with E-state index >= 15 is 0 Å². The van der Waals surface area contributed by atoms with Crippen LogP contribution in [0.2, 0.25) is 0 Å². The number of carbonyl (C=O) groups is 1. The molecule has 1 aromatic carbocycles. The number of nitrogens with zero attached hydrogens (tertiary/aromatic N) is 3. The van der Waals surface area contributed by atoms with Crippen LogP contribution < -0.4 is 5.32 Å². The van der Waals surface area contributed by atoms with E-state index in [-0.39, 0.29) is 11.9 Å². The first-order valence-corrected chi connectivity index (χ1v) is 7.30. The van der Waals surface area contributed by atoms with E-state index in [1.807, 2.05) is 35.0 Å². The molecule has 1 fully saturated rings. The lowest BCUT2D eigenvalue weighted by atomic mass is 10.1. The number of nitrogens with one attached hydrogen (secondary N) is 1. The summed E-state index contributed by atoms with van der Waals surface area (Å²) in [5.41, 5.74) is 1.63. The Morgan fingerprint density at radius 3 is 3.10 bits per heavy atom. The molecule has 1 aromatic heterocycles. The Morgan fingerprint density at radius 1 is 1.43 bits per heavy atom. The molecule has 1 aliphatic rings. The summed E-state index contributed by atoms with van der Waals surface area (Å²) in [6.07, 6.45) is 7.51. The van der Waals surface area contributed by atoms with Crippen molar-refractivity contribution in [3.8, 4) is 5.69 Å². The van der Waals surface area contributed by atoms with Crippen molar-refractivity contribution in [1.29, 1.82) is 0 Å². The van der Waals surface area contributed by atoms with Crippen LogP contribution in [-0.2, 0) is 0 Å². The second kappa shape index (κ2) is 6.10. The zero-order valence-electron chi connectivity index (χ0n) is 12.2. The van der Waals surface area contributed by atoms with E-state index < -0.39 is 0 Å². The maximum atomic E-state index is 12.4. The molecule has 2 aromatic rings. The van der Waals surface area contributed by atoms with E-state index in [1.54, 1.807) is 12.5 Å². The highest BCUT2D eigenvalue weighted by atomic mass is 16.1. The van der Waals surface area contributed by atoms with Gasteiger partial charge in [0.2, 0.25) is 0 Å². The Hall–Kier alpha value is -2.14. The van der Waals surface area contributed by atoms with Crippen molar-refractivity contribution in [2.75, 3.05) is 20.1 Å². The number of aromatic nitrogens is 2. The lowest BCUT2D eigenvalue weighted by Crippen LogP contribution is -2.46. The van der Waals surface area contributed by atoms with Gasteiger partial charge in [-0.25, -0.2) is 4.98 Å². The van der Waals surface area contributed by atoms with Crippen molar-refractivity contribution < 1.29 is 4.79 Å². The summed E-state index contributed by atoms with van der Waals surface area (Å²) in [5.74, 6) is -0.00253. The fraction of sp³-hybridized carbons (Fsp3) is 0.375. The Bertz CT molecular complexity index is 608. The van der Waals surface area contributed by atoms with Crippen molar-refractivity contribution in [1.82, 2.24) is 19.8 Å². The molecule has 0 radical (unpaired) electrons. The van der Waals surface area contributed by atoms with Gasteiger partial charge in [0, 0.05) is 36.2 Å². The molecule has 1 amide bonds. The average Bonchev–Trinajstić information content (AvgIpc) is 3.02. The van der Waals surface area contributed by atoms with Gasteiger partial charge >= 0.3 is 0 Å². The number of carbonyl (C=O) groups excluding carboxylic acids is 1. The normalized spacial score (nSPS) is 19.4. The zero-order valence-corrected chi connectivity index (χ0v) is 12.2. The van der Waals surface area contributed by atoms with Gasteiger partial charge in [0.25, 0.3) is 5.91 Å². The molecule has 0 aliphatic carbocycles. The minimum absolute atomic E-state index is 0.00253. The Kier molecular flexibility index (Phi) is 4.01. The summed E-state index contributed by atoms with van der Waals surface area (Å²) in [6.45, 7) is 2.04. The summed E-state index contributed by atoms with van der Waals surface area (Å²) < 4.78 is 1.89. The third-order valence-corrected chi connectivity index (χ3v) is 3.87. The molecule has 0 spiro atoms. The number of amides is 1. The second-order valence-electron chi connectivity index (χ2n) is 5.60. The van der Waals surface area contributed by atoms with Gasteiger partial charge in [-0.15, -0.1) is 0 Å². The van der Waals surface area contributed by atoms with Crippen LogP contribution in [0, 0.1) is 0 Å². The van der Waals surface area contributed by atoms with Gasteiger partial charge in [-0.1, -0.05) is 6.07 Å². The van der Waals surface area contributed by atoms with Gasteiger partial charge < -0.3 is 14.8 Å². The molecule has 21 heavy (non-hydrogen) atoms. The van der Waals surface area contributed by atoms with Gasteiger partial charge in [0.05, 0.1) is 6.33 Å². The molecule has 0 bridgehead atoms. The largest absolute Gasteiger partial charge is 0.348 e. The Morgan fingerprint density at radius 2 is 2.33 bits per heavy atom. The summed E-state index contributed by atoms with van der Waals surface area (Å²) in [5, 5.41) is 3.13. The van der Waals surface area contributed by atoms with Crippen LogP contribution in [0.25, 0.3) is 5.69 Å². The predicted molar refractivity (Wildman–Crippen MR) is 81.5 cm³/mol. The smallest absolute Gasteiger partial charge is 0.251 e. The van der Waals surface area contributed by atoms with Crippen molar-refractivity contribution in [3.05, 3.63) is 48.5 Å². The fourth-order valence-corrected chi connectivity index (χ4v) is 2.77. The minimum atomic E-state index is -0.00253. The summed E-state index contributed by atoms with van der Waals surface area (Å²) >= 11 is 0. The highest BCUT2D eigenvalue weighted by Crippen LogP contribution is 2.12. The lowest BCUT2D eigenvalue weighted by Gasteiger charge is -2.30. The van der Waals surface area contributed by atoms with Crippen molar-refractivity contribution in [2.45, 2.75) is 18.9 Å². The number of rotatable bonds is 3. The maximum absolute atomic E-state index is 12.4. The number of piperidine rings is 1. The molecule has 1 saturated heterocycles. The number of hydrogen-bond acceptors (Lipinski definition) is 3. The van der Waals surface area contributed by atoms with E-state index in [9.17, 15) is 4.79 Å². The predicted octanol–water partition coefficient (Wildman–Crippen LogP) is 1.70. The molecule has 5 nitrogen and oxygen atoms in total. The van der Waals surface area contributed by atoms with Crippen LogP contribution >= 0.6 is 0 Å². The van der Waals surface area contributed by atoms with E-state index in [1.165, 1.54) is 0 Å². The Balaban J connectivity index is 1.71. The maximum Gasteiger partial charge on any atom is 0.251 e. The van der Waals surface area contributed by atoms with Crippen LogP contribution in [0.5, 0.6) is 0 Å². The molecule has 0 saturated carbocycles. The highest BCUT2D eigenvalue weighted by molar-refractivity contribution is 5.94. The number of hydrogen-bond donors (Lipinski definition) is 1. The van der Waals surface area contributed by atoms with Crippen LogP contribution in [0.4, 0.5) is 0 Å². The van der Waals surface area contributed by atoms with Crippen LogP contribution in [0.1, 0.15) is 23.2 Å². The van der Waals surface area contributed by atoms with Gasteiger partial charge in [-0.05, 0) is 44.6 Å². The molecular formula is C16H20N4O. The van der Waals surface area contributed by atoms with Crippen molar-refractivity contribution in [2.24, 2.45) is 0 Å². The summed E-state index contributed by atoms with van der Waals surface area (Å²) in [6, 6.07) is 7.85. The SMILES string of the molecule is CN1CCC[C@@H](NC(=O)c2cccc(-n3ccnc3)c2)C1. The fourth-order valence-electron chi connectivity index (χ4n) is 2.77. The lowest BCUT2D eigenvalue weighted by molar-refractivity contribution is 0.0912. The first-order chi connectivity index (χ1) is 10.2. The van der Waals surface area contributed by atoms with E-state index in [4.69, 9.17) is 0 Å². The number of benzene rings is 1. The second-order valence-corrected chi connectivity index (χ2v) is 5.60. The molecule has 1 aliphatic heterocycles. The molecule has 3 rings (SSSR count). The molecule has 110 valence electrons. The topological polar surface area (TPSA) is 50.2 Å². The average molecular weight is 284 g/mol. The monoisotopic (exact) mass is 284 g/mol. The zero-order chi connectivity index (χ0) is 14.7. The number of likely N-dealkylation sites (tertiary alicyclic amines) is 1.